The second-order valence-corrected chi connectivity index (χ2v) is 8.14. The molecule has 1 aliphatic rings. The van der Waals surface area contributed by atoms with E-state index in [1.54, 1.807) is 31.4 Å². The van der Waals surface area contributed by atoms with Gasteiger partial charge in [0.05, 0.1) is 27.4 Å². The van der Waals surface area contributed by atoms with Crippen LogP contribution in [0.1, 0.15) is 10.4 Å². The Bertz CT molecular complexity index is 1360. The number of aromatic amines is 1. The Kier molecular flexibility index (Phi) is 5.81. The number of aromatic nitrogens is 2. The summed E-state index contributed by atoms with van der Waals surface area (Å²) in [6.45, 7) is 2.25. The van der Waals surface area contributed by atoms with E-state index in [0.29, 0.717) is 49.1 Å². The predicted molar refractivity (Wildman–Crippen MR) is 131 cm³/mol. The zero-order valence-corrected chi connectivity index (χ0v) is 19.1. The first-order valence-electron chi connectivity index (χ1n) is 11.0. The fourth-order valence-electron chi connectivity index (χ4n) is 4.29. The Morgan fingerprint density at radius 3 is 2.56 bits per heavy atom. The highest BCUT2D eigenvalue weighted by atomic mass is 16.5. The summed E-state index contributed by atoms with van der Waals surface area (Å²) in [7, 11) is 3.23. The van der Waals surface area contributed by atoms with Gasteiger partial charge in [0.1, 0.15) is 5.65 Å². The van der Waals surface area contributed by atoms with Gasteiger partial charge in [-0.25, -0.2) is 4.98 Å². The van der Waals surface area contributed by atoms with Crippen molar-refractivity contribution in [3.05, 3.63) is 60.4 Å². The van der Waals surface area contributed by atoms with Gasteiger partial charge in [0.25, 0.3) is 5.91 Å². The lowest BCUT2D eigenvalue weighted by Crippen LogP contribution is -2.40. The van der Waals surface area contributed by atoms with Crippen LogP contribution in [0.2, 0.25) is 0 Å². The van der Waals surface area contributed by atoms with E-state index in [-0.39, 0.29) is 5.91 Å². The Morgan fingerprint density at radius 2 is 1.79 bits per heavy atom. The lowest BCUT2D eigenvalue weighted by Gasteiger charge is -2.27. The van der Waals surface area contributed by atoms with Crippen LogP contribution < -0.4 is 15.2 Å². The number of rotatable bonds is 5. The maximum atomic E-state index is 13.0. The van der Waals surface area contributed by atoms with Crippen LogP contribution in [-0.4, -0.2) is 61.3 Å². The van der Waals surface area contributed by atoms with Crippen LogP contribution in [0.4, 0.5) is 5.69 Å². The molecule has 0 saturated carbocycles. The lowest BCUT2D eigenvalue weighted by molar-refractivity contribution is 0.0303. The zero-order chi connectivity index (χ0) is 23.7. The van der Waals surface area contributed by atoms with E-state index in [1.807, 2.05) is 36.5 Å². The van der Waals surface area contributed by atoms with Gasteiger partial charge in [-0.3, -0.25) is 4.79 Å². The Labute approximate surface area is 197 Å². The number of nitrogens with zero attached hydrogens (tertiary/aromatic N) is 2. The molecule has 1 saturated heterocycles. The molecule has 1 amide bonds. The van der Waals surface area contributed by atoms with Crippen LogP contribution >= 0.6 is 0 Å². The third-order valence-electron chi connectivity index (χ3n) is 6.06. The first kappa shape index (κ1) is 21.8. The minimum absolute atomic E-state index is 0.0430. The van der Waals surface area contributed by atoms with Crippen molar-refractivity contribution < 1.29 is 19.0 Å². The molecule has 4 aromatic rings. The molecule has 0 unspecified atom stereocenters. The third-order valence-corrected chi connectivity index (χ3v) is 6.06. The molecule has 2 aromatic carbocycles. The molecule has 1 aliphatic heterocycles. The van der Waals surface area contributed by atoms with Crippen LogP contribution in [0.3, 0.4) is 0 Å². The number of anilines is 1. The number of nitrogens with two attached hydrogens (primary N) is 1. The van der Waals surface area contributed by atoms with Crippen molar-refractivity contribution in [2.24, 2.45) is 0 Å². The Hall–Kier alpha value is -4.04. The number of morpholine rings is 1. The summed E-state index contributed by atoms with van der Waals surface area (Å²) in [5, 5.41) is 0.952. The largest absolute Gasteiger partial charge is 0.493 e. The Balaban J connectivity index is 1.54. The molecule has 0 radical (unpaired) electrons. The van der Waals surface area contributed by atoms with Crippen molar-refractivity contribution >= 4 is 22.6 Å². The number of amides is 1. The van der Waals surface area contributed by atoms with E-state index in [0.717, 1.165) is 33.3 Å². The Morgan fingerprint density at radius 1 is 1.00 bits per heavy atom. The normalized spacial score (nSPS) is 13.8. The molecule has 3 N–H and O–H groups in total. The van der Waals surface area contributed by atoms with Crippen molar-refractivity contribution in [1.82, 2.24) is 14.9 Å². The molecule has 0 atom stereocenters. The zero-order valence-electron chi connectivity index (χ0n) is 19.1. The van der Waals surface area contributed by atoms with Gasteiger partial charge in [-0.2, -0.15) is 0 Å². The first-order chi connectivity index (χ1) is 16.6. The van der Waals surface area contributed by atoms with Gasteiger partial charge in [-0.1, -0.05) is 6.07 Å². The fraction of sp³-hybridized carbons (Fsp3) is 0.231. The maximum Gasteiger partial charge on any atom is 0.254 e. The molecular weight excluding hydrogens is 432 g/mol. The minimum Gasteiger partial charge on any atom is -0.493 e. The summed E-state index contributed by atoms with van der Waals surface area (Å²) in [4.78, 5) is 22.7. The lowest BCUT2D eigenvalue weighted by atomic mass is 9.99. The highest BCUT2D eigenvalue weighted by Gasteiger charge is 2.20. The maximum absolute atomic E-state index is 13.0. The van der Waals surface area contributed by atoms with Crippen molar-refractivity contribution in [3.63, 3.8) is 0 Å². The van der Waals surface area contributed by atoms with E-state index in [1.165, 1.54) is 0 Å². The summed E-state index contributed by atoms with van der Waals surface area (Å²) >= 11 is 0. The first-order valence-corrected chi connectivity index (χ1v) is 11.0. The number of pyridine rings is 1. The summed E-state index contributed by atoms with van der Waals surface area (Å²) in [6, 6.07) is 13.3. The predicted octanol–water partition coefficient (Wildman–Crippen LogP) is 3.97. The van der Waals surface area contributed by atoms with Gasteiger partial charge in [0, 0.05) is 53.2 Å². The average molecular weight is 459 g/mol. The molecule has 0 bridgehead atoms. The van der Waals surface area contributed by atoms with Gasteiger partial charge in [-0.05, 0) is 47.5 Å². The molecular formula is C26H26N4O4. The molecule has 8 nitrogen and oxygen atoms in total. The van der Waals surface area contributed by atoms with Crippen LogP contribution in [0.5, 0.6) is 11.5 Å². The second kappa shape index (κ2) is 9.07. The number of ether oxygens (including phenoxy) is 3. The van der Waals surface area contributed by atoms with E-state index in [4.69, 9.17) is 19.9 Å². The van der Waals surface area contributed by atoms with Crippen molar-refractivity contribution in [2.45, 2.75) is 0 Å². The SMILES string of the molecule is COc1ccc(-c2c[nH]c3ncc(-c4cc(N)cc(C(=O)N5CCOCC5)c4)cc23)cc1OC. The highest BCUT2D eigenvalue weighted by Crippen LogP contribution is 2.36. The van der Waals surface area contributed by atoms with Crippen LogP contribution in [0.25, 0.3) is 33.3 Å². The second-order valence-electron chi connectivity index (χ2n) is 8.14. The number of H-pyrrole nitrogens is 1. The number of nitrogen functional groups attached to an aromatic ring is 1. The van der Waals surface area contributed by atoms with Crippen molar-refractivity contribution in [1.29, 1.82) is 0 Å². The average Bonchev–Trinajstić information content (AvgIpc) is 3.31. The van der Waals surface area contributed by atoms with E-state index < -0.39 is 0 Å². The van der Waals surface area contributed by atoms with Gasteiger partial charge in [-0.15, -0.1) is 0 Å². The number of hydrogen-bond donors (Lipinski definition) is 2. The highest BCUT2D eigenvalue weighted by molar-refractivity contribution is 5.99. The molecule has 3 heterocycles. The molecule has 2 aromatic heterocycles. The molecule has 0 aliphatic carbocycles. The van der Waals surface area contributed by atoms with Crippen LogP contribution in [0, 0.1) is 0 Å². The van der Waals surface area contributed by atoms with Crippen LogP contribution in [0.15, 0.2) is 54.9 Å². The molecule has 0 spiro atoms. The van der Waals surface area contributed by atoms with Gasteiger partial charge in [0.15, 0.2) is 11.5 Å². The summed E-state index contributed by atoms with van der Waals surface area (Å²) in [5.74, 6) is 1.28. The van der Waals surface area contributed by atoms with Gasteiger partial charge in [0.2, 0.25) is 0 Å². The minimum atomic E-state index is -0.0430. The standard InChI is InChI=1S/C26H26N4O4/c1-32-23-4-3-16(13-24(23)33-2)22-15-29-25-21(22)12-19(14-28-25)17-9-18(11-20(27)10-17)26(31)30-5-7-34-8-6-30/h3-4,9-15H,5-8,27H2,1-2H3,(H,28,29). The van der Waals surface area contributed by atoms with Gasteiger partial charge >= 0.3 is 0 Å². The number of benzene rings is 2. The molecule has 34 heavy (non-hydrogen) atoms. The molecule has 1 fully saturated rings. The number of fused-ring (bicyclic) bond motifs is 1. The molecule has 5 rings (SSSR count). The fourth-order valence-corrected chi connectivity index (χ4v) is 4.29. The topological polar surface area (TPSA) is 103 Å². The quantitative estimate of drug-likeness (QED) is 0.439. The van der Waals surface area contributed by atoms with Crippen LogP contribution in [-0.2, 0) is 4.74 Å². The van der Waals surface area contributed by atoms with E-state index in [2.05, 4.69) is 16.0 Å². The smallest absolute Gasteiger partial charge is 0.254 e. The summed E-state index contributed by atoms with van der Waals surface area (Å²) < 4.78 is 16.2. The summed E-state index contributed by atoms with van der Waals surface area (Å²) in [5.41, 5.74) is 11.7. The molecule has 8 heteroatoms. The van der Waals surface area contributed by atoms with E-state index >= 15 is 0 Å². The van der Waals surface area contributed by atoms with Gasteiger partial charge < -0.3 is 29.8 Å². The summed E-state index contributed by atoms with van der Waals surface area (Å²) in [6.07, 6.45) is 3.71. The number of carbonyl (C=O) groups is 1. The number of methoxy groups -OCH3 is 2. The molecule has 174 valence electrons. The number of hydrogen-bond acceptors (Lipinski definition) is 6. The number of nitrogens with one attached hydrogen (secondary N) is 1. The number of carbonyl (C=O) groups excluding carboxylic acids is 1. The monoisotopic (exact) mass is 458 g/mol. The van der Waals surface area contributed by atoms with Crippen molar-refractivity contribution in [2.75, 3.05) is 46.3 Å². The third kappa shape index (κ3) is 4.04. The van der Waals surface area contributed by atoms with E-state index in [9.17, 15) is 4.79 Å². The van der Waals surface area contributed by atoms with Crippen molar-refractivity contribution in [3.8, 4) is 33.8 Å².